The van der Waals surface area contributed by atoms with E-state index in [4.69, 9.17) is 15.2 Å². The van der Waals surface area contributed by atoms with Crippen molar-refractivity contribution in [2.24, 2.45) is 5.92 Å². The van der Waals surface area contributed by atoms with Gasteiger partial charge in [0.05, 0.1) is 18.9 Å². The first kappa shape index (κ1) is 13.0. The Balaban J connectivity index is 1.99. The molecule has 1 aromatic heterocycles. The van der Waals surface area contributed by atoms with E-state index in [1.54, 1.807) is 7.11 Å². The van der Waals surface area contributed by atoms with Gasteiger partial charge in [-0.3, -0.25) is 0 Å². The first-order valence-electron chi connectivity index (χ1n) is 6.30. The van der Waals surface area contributed by atoms with Crippen LogP contribution in [0.1, 0.15) is 12.8 Å². The summed E-state index contributed by atoms with van der Waals surface area (Å²) < 4.78 is 10.7. The van der Waals surface area contributed by atoms with Crippen molar-refractivity contribution in [2.75, 3.05) is 44.5 Å². The molecule has 1 saturated carbocycles. The summed E-state index contributed by atoms with van der Waals surface area (Å²) >= 11 is 0. The lowest BCUT2D eigenvalue weighted by Gasteiger charge is -2.19. The molecule has 18 heavy (non-hydrogen) atoms. The standard InChI is InChI=1S/C13H21N3O2/c1-16(7-8-17-2)12-6-5-11(14)13(15-12)18-9-10-3-4-10/h5-6,10H,3-4,7-9,14H2,1-2H3. The summed E-state index contributed by atoms with van der Waals surface area (Å²) in [5.74, 6) is 2.09. The highest BCUT2D eigenvalue weighted by molar-refractivity contribution is 5.54. The van der Waals surface area contributed by atoms with Gasteiger partial charge in [-0.15, -0.1) is 0 Å². The molecule has 0 atom stereocenters. The quantitative estimate of drug-likeness (QED) is 0.796. The zero-order chi connectivity index (χ0) is 13.0. The molecule has 1 fully saturated rings. The molecule has 0 radical (unpaired) electrons. The SMILES string of the molecule is COCCN(C)c1ccc(N)c(OCC2CC2)n1. The van der Waals surface area contributed by atoms with Crippen LogP contribution in [-0.4, -0.2) is 38.9 Å². The van der Waals surface area contributed by atoms with Crippen LogP contribution in [0.3, 0.4) is 0 Å². The summed E-state index contributed by atoms with van der Waals surface area (Å²) in [6.07, 6.45) is 2.51. The van der Waals surface area contributed by atoms with Crippen molar-refractivity contribution >= 4 is 11.5 Å². The van der Waals surface area contributed by atoms with Gasteiger partial charge in [0.25, 0.3) is 0 Å². The number of nitrogen functional groups attached to an aromatic ring is 1. The normalized spacial score (nSPS) is 14.6. The van der Waals surface area contributed by atoms with Gasteiger partial charge in [0.1, 0.15) is 5.82 Å². The van der Waals surface area contributed by atoms with E-state index in [2.05, 4.69) is 4.98 Å². The molecule has 1 aromatic rings. The average Bonchev–Trinajstić information content (AvgIpc) is 3.19. The molecule has 0 spiro atoms. The molecule has 2 N–H and O–H groups in total. The zero-order valence-corrected chi connectivity index (χ0v) is 11.1. The average molecular weight is 251 g/mol. The van der Waals surface area contributed by atoms with Crippen molar-refractivity contribution in [1.29, 1.82) is 0 Å². The van der Waals surface area contributed by atoms with Gasteiger partial charge in [0.15, 0.2) is 0 Å². The smallest absolute Gasteiger partial charge is 0.239 e. The van der Waals surface area contributed by atoms with Crippen LogP contribution in [0.5, 0.6) is 5.88 Å². The van der Waals surface area contributed by atoms with Gasteiger partial charge in [0, 0.05) is 20.7 Å². The van der Waals surface area contributed by atoms with E-state index in [1.165, 1.54) is 12.8 Å². The number of pyridine rings is 1. The van der Waals surface area contributed by atoms with Gasteiger partial charge in [0.2, 0.25) is 5.88 Å². The Morgan fingerprint density at radius 3 is 2.89 bits per heavy atom. The lowest BCUT2D eigenvalue weighted by molar-refractivity contribution is 0.206. The maximum absolute atomic E-state index is 5.87. The number of aromatic nitrogens is 1. The van der Waals surface area contributed by atoms with Gasteiger partial charge < -0.3 is 20.1 Å². The van der Waals surface area contributed by atoms with Gasteiger partial charge in [-0.1, -0.05) is 0 Å². The number of nitrogens with two attached hydrogens (primary N) is 1. The van der Waals surface area contributed by atoms with Crippen LogP contribution in [0.15, 0.2) is 12.1 Å². The second-order valence-electron chi connectivity index (χ2n) is 4.73. The van der Waals surface area contributed by atoms with Gasteiger partial charge >= 0.3 is 0 Å². The van der Waals surface area contributed by atoms with Crippen LogP contribution in [0, 0.1) is 5.92 Å². The lowest BCUT2D eigenvalue weighted by Crippen LogP contribution is -2.23. The minimum Gasteiger partial charge on any atom is -0.476 e. The molecule has 5 heteroatoms. The van der Waals surface area contributed by atoms with E-state index in [1.807, 2.05) is 24.1 Å². The molecule has 1 aliphatic carbocycles. The predicted molar refractivity (Wildman–Crippen MR) is 72.0 cm³/mol. The van der Waals surface area contributed by atoms with Crippen LogP contribution >= 0.6 is 0 Å². The third-order valence-electron chi connectivity index (χ3n) is 3.05. The second kappa shape index (κ2) is 5.91. The minimum atomic E-state index is 0.545. The third-order valence-corrected chi connectivity index (χ3v) is 3.05. The van der Waals surface area contributed by atoms with Crippen molar-refractivity contribution in [3.05, 3.63) is 12.1 Å². The highest BCUT2D eigenvalue weighted by Crippen LogP contribution is 2.31. The molecule has 100 valence electrons. The lowest BCUT2D eigenvalue weighted by atomic mass is 10.3. The second-order valence-corrected chi connectivity index (χ2v) is 4.73. The predicted octanol–water partition coefficient (Wildman–Crippen LogP) is 1.54. The Morgan fingerprint density at radius 1 is 1.44 bits per heavy atom. The molecule has 0 saturated heterocycles. The summed E-state index contributed by atoms with van der Waals surface area (Å²) in [6.45, 7) is 2.18. The Morgan fingerprint density at radius 2 is 2.22 bits per heavy atom. The molecule has 5 nitrogen and oxygen atoms in total. The number of likely N-dealkylation sites (N-methyl/N-ethyl adjacent to an activating group) is 1. The molecule has 0 bridgehead atoms. The van der Waals surface area contributed by atoms with Crippen LogP contribution < -0.4 is 15.4 Å². The van der Waals surface area contributed by atoms with Crippen LogP contribution in [0.2, 0.25) is 0 Å². The Bertz CT molecular complexity index is 394. The van der Waals surface area contributed by atoms with Gasteiger partial charge in [-0.2, -0.15) is 4.98 Å². The Hall–Kier alpha value is -1.49. The highest BCUT2D eigenvalue weighted by Gasteiger charge is 2.22. The van der Waals surface area contributed by atoms with Crippen molar-refractivity contribution in [3.63, 3.8) is 0 Å². The number of methoxy groups -OCH3 is 1. The molecular weight excluding hydrogens is 230 g/mol. The number of nitrogens with zero attached hydrogens (tertiary/aromatic N) is 2. The molecule has 0 aliphatic heterocycles. The molecular formula is C13H21N3O2. The summed E-state index contributed by atoms with van der Waals surface area (Å²) in [4.78, 5) is 6.47. The fraction of sp³-hybridized carbons (Fsp3) is 0.615. The van der Waals surface area contributed by atoms with E-state index < -0.39 is 0 Å². The number of ether oxygens (including phenoxy) is 2. The van der Waals surface area contributed by atoms with Crippen LogP contribution in [0.4, 0.5) is 11.5 Å². The number of rotatable bonds is 7. The molecule has 0 amide bonds. The van der Waals surface area contributed by atoms with Crippen LogP contribution in [-0.2, 0) is 4.74 Å². The molecule has 0 unspecified atom stereocenters. The third kappa shape index (κ3) is 3.50. The fourth-order valence-electron chi connectivity index (χ4n) is 1.59. The maximum Gasteiger partial charge on any atom is 0.239 e. The maximum atomic E-state index is 5.87. The number of hydrogen-bond acceptors (Lipinski definition) is 5. The van der Waals surface area contributed by atoms with Gasteiger partial charge in [-0.25, -0.2) is 0 Å². The van der Waals surface area contributed by atoms with E-state index in [9.17, 15) is 0 Å². The van der Waals surface area contributed by atoms with Crippen LogP contribution in [0.25, 0.3) is 0 Å². The van der Waals surface area contributed by atoms with E-state index in [0.29, 0.717) is 24.1 Å². The Labute approximate surface area is 108 Å². The number of hydrogen-bond donors (Lipinski definition) is 1. The van der Waals surface area contributed by atoms with Crippen molar-refractivity contribution < 1.29 is 9.47 Å². The largest absolute Gasteiger partial charge is 0.476 e. The van der Waals surface area contributed by atoms with Crippen molar-refractivity contribution in [3.8, 4) is 5.88 Å². The first-order valence-corrected chi connectivity index (χ1v) is 6.30. The fourth-order valence-corrected chi connectivity index (χ4v) is 1.59. The van der Waals surface area contributed by atoms with E-state index in [0.717, 1.165) is 19.0 Å². The molecule has 0 aromatic carbocycles. The minimum absolute atomic E-state index is 0.545. The van der Waals surface area contributed by atoms with Crippen molar-refractivity contribution in [2.45, 2.75) is 12.8 Å². The summed E-state index contributed by atoms with van der Waals surface area (Å²) in [7, 11) is 3.66. The monoisotopic (exact) mass is 251 g/mol. The summed E-state index contributed by atoms with van der Waals surface area (Å²) in [6, 6.07) is 3.74. The Kier molecular flexibility index (Phi) is 4.25. The topological polar surface area (TPSA) is 60.6 Å². The summed E-state index contributed by atoms with van der Waals surface area (Å²) in [5.41, 5.74) is 6.46. The van der Waals surface area contributed by atoms with Crippen molar-refractivity contribution in [1.82, 2.24) is 4.98 Å². The highest BCUT2D eigenvalue weighted by atomic mass is 16.5. The summed E-state index contributed by atoms with van der Waals surface area (Å²) in [5, 5.41) is 0. The van der Waals surface area contributed by atoms with Gasteiger partial charge in [-0.05, 0) is 30.9 Å². The zero-order valence-electron chi connectivity index (χ0n) is 11.1. The molecule has 1 aliphatic rings. The van der Waals surface area contributed by atoms with E-state index in [-0.39, 0.29) is 0 Å². The van der Waals surface area contributed by atoms with E-state index >= 15 is 0 Å². The molecule has 1 heterocycles. The number of anilines is 2. The molecule has 2 rings (SSSR count). The first-order chi connectivity index (χ1) is 8.70.